The molecule has 0 atom stereocenters. The second-order valence-electron chi connectivity index (χ2n) is 5.90. The van der Waals surface area contributed by atoms with E-state index in [0.29, 0.717) is 18.6 Å². The maximum atomic E-state index is 5.64. The fourth-order valence-electron chi connectivity index (χ4n) is 2.95. The molecule has 1 saturated carbocycles. The zero-order valence-corrected chi connectivity index (χ0v) is 13.8. The smallest absolute Gasteiger partial charge is 0.229 e. The van der Waals surface area contributed by atoms with Gasteiger partial charge in [0.2, 0.25) is 5.95 Å². The number of rotatable bonds is 6. The predicted octanol–water partition coefficient (Wildman–Crippen LogP) is 4.28. The Morgan fingerprint density at radius 2 is 1.96 bits per heavy atom. The Kier molecular flexibility index (Phi) is 4.95. The van der Waals surface area contributed by atoms with E-state index in [1.807, 2.05) is 44.2 Å². The van der Waals surface area contributed by atoms with Crippen LogP contribution < -0.4 is 15.4 Å². The van der Waals surface area contributed by atoms with Gasteiger partial charge in [0, 0.05) is 17.8 Å². The lowest BCUT2D eigenvalue weighted by molar-refractivity contribution is 0.342. The quantitative estimate of drug-likeness (QED) is 0.833. The Morgan fingerprint density at radius 3 is 2.74 bits per heavy atom. The van der Waals surface area contributed by atoms with E-state index in [4.69, 9.17) is 4.74 Å². The summed E-state index contributed by atoms with van der Waals surface area (Å²) in [6, 6.07) is 10.4. The standard InChI is InChI=1S/C18H24N4O/c1-3-23-16-11-7-6-10-15(16)21-18-19-13(2)12-17(22-18)20-14-8-4-5-9-14/h6-7,10-12,14H,3-5,8-9H2,1-2H3,(H2,19,20,21,22). The molecule has 5 heteroatoms. The van der Waals surface area contributed by atoms with E-state index in [-0.39, 0.29) is 0 Å². The second kappa shape index (κ2) is 7.31. The van der Waals surface area contributed by atoms with Crippen LogP contribution in [0, 0.1) is 6.92 Å². The number of aromatic nitrogens is 2. The van der Waals surface area contributed by atoms with Gasteiger partial charge in [0.1, 0.15) is 11.6 Å². The summed E-state index contributed by atoms with van der Waals surface area (Å²) in [5, 5.41) is 6.80. The van der Waals surface area contributed by atoms with E-state index in [1.165, 1.54) is 25.7 Å². The van der Waals surface area contributed by atoms with Crippen LogP contribution in [-0.2, 0) is 0 Å². The molecule has 3 rings (SSSR count). The van der Waals surface area contributed by atoms with Crippen LogP contribution in [-0.4, -0.2) is 22.6 Å². The maximum Gasteiger partial charge on any atom is 0.229 e. The topological polar surface area (TPSA) is 59.1 Å². The maximum absolute atomic E-state index is 5.64. The fraction of sp³-hybridized carbons (Fsp3) is 0.444. The van der Waals surface area contributed by atoms with Crippen LogP contribution in [0.25, 0.3) is 0 Å². The summed E-state index contributed by atoms with van der Waals surface area (Å²) in [7, 11) is 0. The zero-order chi connectivity index (χ0) is 16.1. The van der Waals surface area contributed by atoms with Gasteiger partial charge in [-0.2, -0.15) is 4.98 Å². The molecule has 1 aliphatic carbocycles. The average Bonchev–Trinajstić information content (AvgIpc) is 3.02. The van der Waals surface area contributed by atoms with Crippen molar-refractivity contribution in [2.45, 2.75) is 45.6 Å². The summed E-state index contributed by atoms with van der Waals surface area (Å²) in [5.41, 5.74) is 1.82. The number of nitrogens with zero attached hydrogens (tertiary/aromatic N) is 2. The van der Waals surface area contributed by atoms with Gasteiger partial charge in [-0.25, -0.2) is 4.98 Å². The van der Waals surface area contributed by atoms with E-state index in [2.05, 4.69) is 20.6 Å². The highest BCUT2D eigenvalue weighted by atomic mass is 16.5. The van der Waals surface area contributed by atoms with Gasteiger partial charge < -0.3 is 15.4 Å². The largest absolute Gasteiger partial charge is 0.492 e. The molecule has 1 fully saturated rings. The van der Waals surface area contributed by atoms with Gasteiger partial charge in [0.15, 0.2) is 0 Å². The molecule has 0 bridgehead atoms. The van der Waals surface area contributed by atoms with Crippen molar-refractivity contribution in [3.63, 3.8) is 0 Å². The van der Waals surface area contributed by atoms with Crippen LogP contribution in [0.15, 0.2) is 30.3 Å². The molecule has 1 aromatic heterocycles. The first-order valence-corrected chi connectivity index (χ1v) is 8.35. The molecule has 2 aromatic rings. The Labute approximate surface area is 137 Å². The first-order chi connectivity index (χ1) is 11.2. The van der Waals surface area contributed by atoms with Gasteiger partial charge in [-0.1, -0.05) is 25.0 Å². The predicted molar refractivity (Wildman–Crippen MR) is 93.5 cm³/mol. The van der Waals surface area contributed by atoms with Gasteiger partial charge in [-0.15, -0.1) is 0 Å². The lowest BCUT2D eigenvalue weighted by Crippen LogP contribution is -2.16. The van der Waals surface area contributed by atoms with E-state index in [9.17, 15) is 0 Å². The SMILES string of the molecule is CCOc1ccccc1Nc1nc(C)cc(NC2CCCC2)n1. The normalized spacial score (nSPS) is 14.7. The van der Waals surface area contributed by atoms with E-state index in [0.717, 1.165) is 22.9 Å². The van der Waals surface area contributed by atoms with Crippen molar-refractivity contribution >= 4 is 17.5 Å². The number of ether oxygens (including phenoxy) is 1. The van der Waals surface area contributed by atoms with Crippen molar-refractivity contribution in [1.29, 1.82) is 0 Å². The van der Waals surface area contributed by atoms with Crippen molar-refractivity contribution in [3.05, 3.63) is 36.0 Å². The molecule has 0 radical (unpaired) electrons. The second-order valence-corrected chi connectivity index (χ2v) is 5.90. The number of anilines is 3. The number of nitrogens with one attached hydrogen (secondary N) is 2. The van der Waals surface area contributed by atoms with Crippen LogP contribution in [0.2, 0.25) is 0 Å². The average molecular weight is 312 g/mol. The first-order valence-electron chi connectivity index (χ1n) is 8.35. The Balaban J connectivity index is 1.78. The van der Waals surface area contributed by atoms with Crippen LogP contribution in [0.4, 0.5) is 17.5 Å². The highest BCUT2D eigenvalue weighted by Gasteiger charge is 2.15. The zero-order valence-electron chi connectivity index (χ0n) is 13.8. The van der Waals surface area contributed by atoms with E-state index in [1.54, 1.807) is 0 Å². The third kappa shape index (κ3) is 4.12. The number of aryl methyl sites for hydroxylation is 1. The number of para-hydroxylation sites is 2. The van der Waals surface area contributed by atoms with Gasteiger partial charge >= 0.3 is 0 Å². The Bertz CT molecular complexity index is 653. The van der Waals surface area contributed by atoms with Gasteiger partial charge in [-0.05, 0) is 38.8 Å². The van der Waals surface area contributed by atoms with Gasteiger partial charge in [0.25, 0.3) is 0 Å². The third-order valence-corrected chi connectivity index (χ3v) is 3.99. The molecule has 1 aliphatic rings. The molecule has 0 amide bonds. The molecular weight excluding hydrogens is 288 g/mol. The van der Waals surface area contributed by atoms with Crippen molar-refractivity contribution < 1.29 is 4.74 Å². The monoisotopic (exact) mass is 312 g/mol. The fourth-order valence-corrected chi connectivity index (χ4v) is 2.95. The van der Waals surface area contributed by atoms with Crippen molar-refractivity contribution in [2.75, 3.05) is 17.2 Å². The van der Waals surface area contributed by atoms with E-state index < -0.39 is 0 Å². The lowest BCUT2D eigenvalue weighted by atomic mass is 10.2. The summed E-state index contributed by atoms with van der Waals surface area (Å²) in [6.07, 6.45) is 5.04. The van der Waals surface area contributed by atoms with Gasteiger partial charge in [-0.3, -0.25) is 0 Å². The van der Waals surface area contributed by atoms with Crippen molar-refractivity contribution in [3.8, 4) is 5.75 Å². The molecule has 5 nitrogen and oxygen atoms in total. The number of hydrogen-bond donors (Lipinski definition) is 2. The molecule has 0 unspecified atom stereocenters. The van der Waals surface area contributed by atoms with Crippen LogP contribution in [0.3, 0.4) is 0 Å². The summed E-state index contributed by atoms with van der Waals surface area (Å²) < 4.78 is 5.64. The molecule has 1 heterocycles. The van der Waals surface area contributed by atoms with Gasteiger partial charge in [0.05, 0.1) is 12.3 Å². The number of hydrogen-bond acceptors (Lipinski definition) is 5. The van der Waals surface area contributed by atoms with Crippen molar-refractivity contribution in [1.82, 2.24) is 9.97 Å². The molecule has 0 spiro atoms. The molecule has 0 saturated heterocycles. The summed E-state index contributed by atoms with van der Waals surface area (Å²) >= 11 is 0. The minimum atomic E-state index is 0.535. The van der Waals surface area contributed by atoms with Crippen LogP contribution >= 0.6 is 0 Å². The number of benzene rings is 1. The Hall–Kier alpha value is -2.30. The highest BCUT2D eigenvalue weighted by Crippen LogP contribution is 2.27. The highest BCUT2D eigenvalue weighted by molar-refractivity contribution is 5.63. The minimum absolute atomic E-state index is 0.535. The molecule has 122 valence electrons. The molecule has 2 N–H and O–H groups in total. The first kappa shape index (κ1) is 15.6. The summed E-state index contributed by atoms with van der Waals surface area (Å²) in [6.45, 7) is 4.59. The molecule has 1 aromatic carbocycles. The Morgan fingerprint density at radius 1 is 1.17 bits per heavy atom. The minimum Gasteiger partial charge on any atom is -0.492 e. The van der Waals surface area contributed by atoms with Crippen LogP contribution in [0.5, 0.6) is 5.75 Å². The molecular formula is C18H24N4O. The van der Waals surface area contributed by atoms with E-state index >= 15 is 0 Å². The summed E-state index contributed by atoms with van der Waals surface area (Å²) in [4.78, 5) is 9.09. The molecule has 23 heavy (non-hydrogen) atoms. The third-order valence-electron chi connectivity index (χ3n) is 3.99. The summed E-state index contributed by atoms with van der Waals surface area (Å²) in [5.74, 6) is 2.30. The molecule has 0 aliphatic heterocycles. The van der Waals surface area contributed by atoms with Crippen LogP contribution in [0.1, 0.15) is 38.3 Å². The lowest BCUT2D eigenvalue weighted by Gasteiger charge is -2.15. The van der Waals surface area contributed by atoms with Crippen molar-refractivity contribution in [2.24, 2.45) is 0 Å².